The Morgan fingerprint density at radius 2 is 1.76 bits per heavy atom. The van der Waals surface area contributed by atoms with Crippen LogP contribution < -0.4 is 0 Å². The molecule has 4 nitrogen and oxygen atoms in total. The highest BCUT2D eigenvalue weighted by molar-refractivity contribution is 5.89. The molecule has 2 aromatic carbocycles. The average molecular weight is 441 g/mol. The van der Waals surface area contributed by atoms with Gasteiger partial charge in [-0.3, -0.25) is 9.78 Å². The Bertz CT molecular complexity index is 1170. The van der Waals surface area contributed by atoms with Gasteiger partial charge in [-0.2, -0.15) is 0 Å². The molecule has 0 N–H and O–H groups in total. The van der Waals surface area contributed by atoms with E-state index in [1.807, 2.05) is 12.4 Å². The second kappa shape index (κ2) is 8.25. The van der Waals surface area contributed by atoms with Gasteiger partial charge in [0.05, 0.1) is 0 Å². The maximum Gasteiger partial charge on any atom is 0.251 e. The van der Waals surface area contributed by atoms with Gasteiger partial charge in [0.2, 0.25) is 0 Å². The van der Waals surface area contributed by atoms with Gasteiger partial charge in [-0.1, -0.05) is 36.4 Å². The zero-order valence-electron chi connectivity index (χ0n) is 19.4. The van der Waals surface area contributed by atoms with Crippen molar-refractivity contribution in [3.8, 4) is 11.1 Å². The van der Waals surface area contributed by atoms with Crippen molar-refractivity contribution in [2.45, 2.75) is 57.0 Å². The minimum atomic E-state index is -0.181. The number of piperidine rings is 1. The lowest BCUT2D eigenvalue weighted by Gasteiger charge is -2.37. The smallest absolute Gasteiger partial charge is 0.251 e. The van der Waals surface area contributed by atoms with Crippen LogP contribution >= 0.6 is 0 Å². The minimum Gasteiger partial charge on any atom is -0.368 e. The predicted octanol–water partition coefficient (Wildman–Crippen LogP) is 5.66. The summed E-state index contributed by atoms with van der Waals surface area (Å²) >= 11 is 0. The van der Waals surface area contributed by atoms with Crippen LogP contribution in [0.15, 0.2) is 54.9 Å². The number of rotatable bonds is 4. The van der Waals surface area contributed by atoms with E-state index in [0.29, 0.717) is 11.3 Å². The van der Waals surface area contributed by atoms with Crippen LogP contribution in [0.4, 0.5) is 0 Å². The summed E-state index contributed by atoms with van der Waals surface area (Å²) in [5.74, 6) is 0.897. The Morgan fingerprint density at radius 1 is 1.00 bits per heavy atom. The van der Waals surface area contributed by atoms with Crippen LogP contribution in [-0.4, -0.2) is 41.6 Å². The van der Waals surface area contributed by atoms with E-state index in [1.54, 1.807) is 0 Å². The molecule has 3 aromatic rings. The van der Waals surface area contributed by atoms with E-state index in [9.17, 15) is 4.79 Å². The first-order valence-corrected chi connectivity index (χ1v) is 12.5. The fourth-order valence-electron chi connectivity index (χ4n) is 6.18. The first kappa shape index (κ1) is 20.9. The second-order valence-corrected chi connectivity index (χ2v) is 10.2. The number of aryl methyl sites for hydroxylation is 1. The molecule has 33 heavy (non-hydrogen) atoms. The van der Waals surface area contributed by atoms with Gasteiger partial charge in [-0.15, -0.1) is 0 Å². The number of amides is 1. The van der Waals surface area contributed by atoms with Crippen molar-refractivity contribution in [2.75, 3.05) is 19.7 Å². The first-order valence-electron chi connectivity index (χ1n) is 12.5. The molecular formula is C29H32N2O2. The molecule has 1 aliphatic carbocycles. The van der Waals surface area contributed by atoms with Crippen molar-refractivity contribution in [1.82, 2.24) is 9.88 Å². The highest BCUT2D eigenvalue weighted by Crippen LogP contribution is 2.57. The molecule has 0 bridgehead atoms. The van der Waals surface area contributed by atoms with Crippen molar-refractivity contribution in [3.05, 3.63) is 66.0 Å². The molecule has 0 unspecified atom stereocenters. The molecule has 1 atom stereocenters. The molecule has 1 amide bonds. The van der Waals surface area contributed by atoms with Crippen LogP contribution in [0, 0.1) is 12.8 Å². The number of fused-ring (bicyclic) bond motifs is 1. The number of carbonyl (C=O) groups excluding carboxylic acids is 1. The molecule has 1 saturated carbocycles. The number of ether oxygens (including phenoxy) is 1. The topological polar surface area (TPSA) is 42.4 Å². The first-order chi connectivity index (χ1) is 16.1. The summed E-state index contributed by atoms with van der Waals surface area (Å²) in [6, 6.07) is 16.0. The number of nitrogens with zero attached hydrogens (tertiary/aromatic N) is 2. The normalized spacial score (nSPS) is 22.6. The third-order valence-corrected chi connectivity index (χ3v) is 8.33. The molecule has 3 aliphatic rings. The summed E-state index contributed by atoms with van der Waals surface area (Å²) in [5.41, 5.74) is 5.55. The van der Waals surface area contributed by atoms with Crippen LogP contribution in [0.3, 0.4) is 0 Å². The fourth-order valence-corrected chi connectivity index (χ4v) is 6.18. The Morgan fingerprint density at radius 3 is 2.45 bits per heavy atom. The van der Waals surface area contributed by atoms with Gasteiger partial charge in [0.1, 0.15) is 6.10 Å². The van der Waals surface area contributed by atoms with Gasteiger partial charge >= 0.3 is 0 Å². The lowest BCUT2D eigenvalue weighted by Crippen LogP contribution is -2.45. The van der Waals surface area contributed by atoms with Gasteiger partial charge < -0.3 is 9.64 Å². The van der Waals surface area contributed by atoms with E-state index in [-0.39, 0.29) is 12.0 Å². The molecule has 1 aromatic heterocycles. The molecule has 6 rings (SSSR count). The maximum absolute atomic E-state index is 12.7. The van der Waals surface area contributed by atoms with Crippen molar-refractivity contribution in [3.63, 3.8) is 0 Å². The van der Waals surface area contributed by atoms with Crippen molar-refractivity contribution in [2.24, 2.45) is 5.92 Å². The minimum absolute atomic E-state index is 0.181. The van der Waals surface area contributed by atoms with Crippen LogP contribution in [0.5, 0.6) is 0 Å². The molecular weight excluding hydrogens is 408 g/mol. The van der Waals surface area contributed by atoms with Gasteiger partial charge in [0.15, 0.2) is 0 Å². The van der Waals surface area contributed by atoms with E-state index in [1.165, 1.54) is 45.9 Å². The van der Waals surface area contributed by atoms with E-state index in [2.05, 4.69) is 59.3 Å². The maximum atomic E-state index is 12.7. The van der Waals surface area contributed by atoms with E-state index >= 15 is 0 Å². The number of likely N-dealkylation sites (tertiary alicyclic amines) is 1. The summed E-state index contributed by atoms with van der Waals surface area (Å²) in [7, 11) is 0. The Labute approximate surface area is 196 Å². The highest BCUT2D eigenvalue weighted by Gasteiger charge is 2.51. The average Bonchev–Trinajstić information content (AvgIpc) is 3.49. The molecule has 0 radical (unpaired) electrons. The Kier molecular flexibility index (Phi) is 5.21. The van der Waals surface area contributed by atoms with Crippen LogP contribution in [0.1, 0.15) is 49.7 Å². The zero-order valence-corrected chi connectivity index (χ0v) is 19.4. The SMILES string of the molecule is Cc1cncc2ccc(-c3ccc(C4(C5CCN(C(=O)[C@H]6CCCO6)CC5)CC4)cc3)cc12. The molecule has 2 saturated heterocycles. The molecule has 3 heterocycles. The standard InChI is InChI=1S/C29H32N2O2/c1-20-18-30-19-23-5-4-22(17-26(20)23)21-6-8-24(9-7-21)29(12-13-29)25-10-14-31(15-11-25)28(32)27-3-2-16-33-27/h4-9,17-19,25,27H,2-3,10-16H2,1H3/t27-/m1/s1. The monoisotopic (exact) mass is 440 g/mol. The Balaban J connectivity index is 1.16. The van der Waals surface area contributed by atoms with Gasteiger partial charge in [-0.05, 0) is 90.5 Å². The quantitative estimate of drug-likeness (QED) is 0.526. The number of benzene rings is 2. The van der Waals surface area contributed by atoms with E-state index < -0.39 is 0 Å². The summed E-state index contributed by atoms with van der Waals surface area (Å²) in [6.45, 7) is 4.63. The predicted molar refractivity (Wildman–Crippen MR) is 131 cm³/mol. The van der Waals surface area contributed by atoms with Crippen molar-refractivity contribution >= 4 is 16.7 Å². The number of hydrogen-bond acceptors (Lipinski definition) is 3. The molecule has 170 valence electrons. The molecule has 2 aliphatic heterocycles. The second-order valence-electron chi connectivity index (χ2n) is 10.2. The lowest BCUT2D eigenvalue weighted by atomic mass is 9.76. The van der Waals surface area contributed by atoms with Gasteiger partial charge in [-0.25, -0.2) is 0 Å². The number of hydrogen-bond donors (Lipinski definition) is 0. The summed E-state index contributed by atoms with van der Waals surface area (Å²) in [4.78, 5) is 19.1. The largest absolute Gasteiger partial charge is 0.368 e. The third-order valence-electron chi connectivity index (χ3n) is 8.33. The van der Waals surface area contributed by atoms with E-state index in [0.717, 1.165) is 45.4 Å². The third kappa shape index (κ3) is 3.74. The fraction of sp³-hybridized carbons (Fsp3) is 0.448. The number of carbonyl (C=O) groups is 1. The van der Waals surface area contributed by atoms with Gasteiger partial charge in [0, 0.05) is 37.5 Å². The van der Waals surface area contributed by atoms with Crippen molar-refractivity contribution < 1.29 is 9.53 Å². The zero-order chi connectivity index (χ0) is 22.4. The van der Waals surface area contributed by atoms with Crippen LogP contribution in [-0.2, 0) is 14.9 Å². The Hall–Kier alpha value is -2.72. The number of pyridine rings is 1. The summed E-state index contributed by atoms with van der Waals surface area (Å²) < 4.78 is 5.63. The van der Waals surface area contributed by atoms with Crippen molar-refractivity contribution in [1.29, 1.82) is 0 Å². The number of aromatic nitrogens is 1. The molecule has 0 spiro atoms. The van der Waals surface area contributed by atoms with Gasteiger partial charge in [0.25, 0.3) is 5.91 Å². The highest BCUT2D eigenvalue weighted by atomic mass is 16.5. The van der Waals surface area contributed by atoms with Crippen LogP contribution in [0.25, 0.3) is 21.9 Å². The molecule has 4 heteroatoms. The lowest BCUT2D eigenvalue weighted by molar-refractivity contribution is -0.142. The molecule has 3 fully saturated rings. The summed E-state index contributed by atoms with van der Waals surface area (Å²) in [5, 5.41) is 2.46. The van der Waals surface area contributed by atoms with E-state index in [4.69, 9.17) is 4.74 Å². The summed E-state index contributed by atoms with van der Waals surface area (Å²) in [6.07, 6.45) is 10.4. The van der Waals surface area contributed by atoms with Crippen LogP contribution in [0.2, 0.25) is 0 Å².